The quantitative estimate of drug-likeness (QED) is 0.948. The summed E-state index contributed by atoms with van der Waals surface area (Å²) in [7, 11) is 1.91. The summed E-state index contributed by atoms with van der Waals surface area (Å²) < 4.78 is 8.66. The van der Waals surface area contributed by atoms with Gasteiger partial charge in [0, 0.05) is 18.1 Å². The number of benzene rings is 1. The Morgan fingerprint density at radius 3 is 2.61 bits per heavy atom. The van der Waals surface area contributed by atoms with Crippen molar-refractivity contribution in [3.8, 4) is 11.5 Å². The first kappa shape index (κ1) is 13.1. The van der Waals surface area contributed by atoms with Crippen LogP contribution < -0.4 is 10.5 Å². The normalized spacial score (nSPS) is 10.7. The zero-order chi connectivity index (χ0) is 13.3. The number of ether oxygens (including phenoxy) is 1. The van der Waals surface area contributed by atoms with Crippen LogP contribution in [0.5, 0.6) is 11.5 Å². The molecule has 0 radical (unpaired) electrons. The van der Waals surface area contributed by atoms with Gasteiger partial charge in [-0.3, -0.25) is 4.68 Å². The highest BCUT2D eigenvalue weighted by Crippen LogP contribution is 2.30. The summed E-state index contributed by atoms with van der Waals surface area (Å²) in [4.78, 5) is 0. The van der Waals surface area contributed by atoms with Crippen molar-refractivity contribution in [2.75, 3.05) is 0 Å². The third-order valence-electron chi connectivity index (χ3n) is 2.91. The van der Waals surface area contributed by atoms with Crippen molar-refractivity contribution >= 4 is 15.9 Å². The number of hydrogen-bond acceptors (Lipinski definition) is 3. The molecule has 0 aliphatic carbocycles. The fourth-order valence-electron chi connectivity index (χ4n) is 1.78. The molecule has 1 aromatic heterocycles. The number of nitrogens with zero attached hydrogens (tertiary/aromatic N) is 2. The van der Waals surface area contributed by atoms with E-state index in [0.29, 0.717) is 6.54 Å². The molecule has 0 saturated carbocycles. The minimum atomic E-state index is 0.506. The van der Waals surface area contributed by atoms with Gasteiger partial charge in [-0.25, -0.2) is 0 Å². The van der Waals surface area contributed by atoms with Crippen LogP contribution in [-0.2, 0) is 13.6 Å². The van der Waals surface area contributed by atoms with Gasteiger partial charge >= 0.3 is 0 Å². The summed E-state index contributed by atoms with van der Waals surface area (Å²) >= 11 is 3.48. The van der Waals surface area contributed by atoms with Gasteiger partial charge in [-0.05, 0) is 31.5 Å². The van der Waals surface area contributed by atoms with E-state index in [1.54, 1.807) is 0 Å². The first-order chi connectivity index (χ1) is 8.52. The Bertz CT molecular complexity index is 578. The van der Waals surface area contributed by atoms with Gasteiger partial charge in [0.1, 0.15) is 11.4 Å². The maximum atomic E-state index is 5.89. The van der Waals surface area contributed by atoms with Crippen molar-refractivity contribution in [1.29, 1.82) is 0 Å². The molecule has 0 aliphatic rings. The molecule has 18 heavy (non-hydrogen) atoms. The second-order valence-corrected chi connectivity index (χ2v) is 5.04. The van der Waals surface area contributed by atoms with Crippen LogP contribution in [0, 0.1) is 13.8 Å². The third kappa shape index (κ3) is 2.42. The monoisotopic (exact) mass is 309 g/mol. The molecule has 0 unspecified atom stereocenters. The standard InChI is InChI=1S/C13H16BrN3O/c1-8-13(9(2)17(3)16-8)18-11-5-4-10(7-15)12(14)6-11/h4-6H,7,15H2,1-3H3. The van der Waals surface area contributed by atoms with Gasteiger partial charge < -0.3 is 10.5 Å². The van der Waals surface area contributed by atoms with Crippen molar-refractivity contribution in [3.05, 3.63) is 39.6 Å². The molecule has 2 N–H and O–H groups in total. The van der Waals surface area contributed by atoms with Gasteiger partial charge in [-0.2, -0.15) is 5.10 Å². The van der Waals surface area contributed by atoms with Gasteiger partial charge in [0.25, 0.3) is 0 Å². The lowest BCUT2D eigenvalue weighted by Crippen LogP contribution is -1.97. The molecule has 1 aromatic carbocycles. The average Bonchev–Trinajstić information content (AvgIpc) is 2.56. The summed E-state index contributed by atoms with van der Waals surface area (Å²) in [5.41, 5.74) is 8.57. The maximum Gasteiger partial charge on any atom is 0.171 e. The van der Waals surface area contributed by atoms with Crippen LogP contribution in [0.2, 0.25) is 0 Å². The van der Waals surface area contributed by atoms with E-state index in [1.165, 1.54) is 0 Å². The van der Waals surface area contributed by atoms with E-state index in [1.807, 2.05) is 43.8 Å². The van der Waals surface area contributed by atoms with Crippen molar-refractivity contribution in [3.63, 3.8) is 0 Å². The number of aryl methyl sites for hydroxylation is 2. The Labute approximate surface area is 115 Å². The minimum absolute atomic E-state index is 0.506. The Balaban J connectivity index is 2.31. The van der Waals surface area contributed by atoms with E-state index in [4.69, 9.17) is 10.5 Å². The Morgan fingerprint density at radius 1 is 1.39 bits per heavy atom. The van der Waals surface area contributed by atoms with Crippen LogP contribution in [0.4, 0.5) is 0 Å². The first-order valence-electron chi connectivity index (χ1n) is 5.69. The summed E-state index contributed by atoms with van der Waals surface area (Å²) in [6.45, 7) is 4.43. The Kier molecular flexibility index (Phi) is 3.73. The lowest BCUT2D eigenvalue weighted by atomic mass is 10.2. The fourth-order valence-corrected chi connectivity index (χ4v) is 2.30. The van der Waals surface area contributed by atoms with Crippen molar-refractivity contribution in [2.45, 2.75) is 20.4 Å². The molecule has 2 rings (SSSR count). The van der Waals surface area contributed by atoms with E-state index >= 15 is 0 Å². The number of nitrogens with two attached hydrogens (primary N) is 1. The molecule has 0 amide bonds. The van der Waals surface area contributed by atoms with Crippen LogP contribution in [0.1, 0.15) is 17.0 Å². The fraction of sp³-hybridized carbons (Fsp3) is 0.308. The van der Waals surface area contributed by atoms with E-state index in [2.05, 4.69) is 21.0 Å². The molecule has 0 aliphatic heterocycles. The highest BCUT2D eigenvalue weighted by molar-refractivity contribution is 9.10. The van der Waals surface area contributed by atoms with Gasteiger partial charge in [0.05, 0.1) is 5.69 Å². The summed E-state index contributed by atoms with van der Waals surface area (Å²) in [5, 5.41) is 4.32. The topological polar surface area (TPSA) is 53.1 Å². The summed E-state index contributed by atoms with van der Waals surface area (Å²) in [5.74, 6) is 1.59. The molecule has 2 aromatic rings. The second-order valence-electron chi connectivity index (χ2n) is 4.18. The minimum Gasteiger partial charge on any atom is -0.453 e. The van der Waals surface area contributed by atoms with Crippen LogP contribution in [-0.4, -0.2) is 9.78 Å². The molecule has 1 heterocycles. The predicted octanol–water partition coefficient (Wildman–Crippen LogP) is 3.05. The maximum absolute atomic E-state index is 5.89. The molecule has 0 fully saturated rings. The van der Waals surface area contributed by atoms with Gasteiger partial charge in [-0.1, -0.05) is 22.0 Å². The first-order valence-corrected chi connectivity index (χ1v) is 6.48. The number of hydrogen-bond donors (Lipinski definition) is 1. The molecular weight excluding hydrogens is 294 g/mol. The second kappa shape index (κ2) is 5.12. The Hall–Kier alpha value is -1.33. The Morgan fingerprint density at radius 2 is 2.11 bits per heavy atom. The van der Waals surface area contributed by atoms with Gasteiger partial charge in [-0.15, -0.1) is 0 Å². The number of rotatable bonds is 3. The molecule has 4 nitrogen and oxygen atoms in total. The largest absolute Gasteiger partial charge is 0.453 e. The van der Waals surface area contributed by atoms with Crippen molar-refractivity contribution < 1.29 is 4.74 Å². The highest BCUT2D eigenvalue weighted by atomic mass is 79.9. The molecule has 0 saturated heterocycles. The smallest absolute Gasteiger partial charge is 0.171 e. The van der Waals surface area contributed by atoms with Crippen LogP contribution >= 0.6 is 15.9 Å². The highest BCUT2D eigenvalue weighted by Gasteiger charge is 2.12. The van der Waals surface area contributed by atoms with Crippen LogP contribution in [0.25, 0.3) is 0 Å². The molecule has 0 spiro atoms. The zero-order valence-corrected chi connectivity index (χ0v) is 12.3. The summed E-state index contributed by atoms with van der Waals surface area (Å²) in [6, 6.07) is 5.80. The predicted molar refractivity (Wildman–Crippen MR) is 74.8 cm³/mol. The van der Waals surface area contributed by atoms with E-state index in [9.17, 15) is 0 Å². The van der Waals surface area contributed by atoms with Crippen LogP contribution in [0.3, 0.4) is 0 Å². The molecule has 5 heteroatoms. The van der Waals surface area contributed by atoms with Gasteiger partial charge in [0.2, 0.25) is 0 Å². The van der Waals surface area contributed by atoms with Crippen molar-refractivity contribution in [1.82, 2.24) is 9.78 Å². The lowest BCUT2D eigenvalue weighted by Gasteiger charge is -2.08. The summed E-state index contributed by atoms with van der Waals surface area (Å²) in [6.07, 6.45) is 0. The molecule has 0 atom stereocenters. The van der Waals surface area contributed by atoms with E-state index in [0.717, 1.165) is 32.9 Å². The van der Waals surface area contributed by atoms with E-state index < -0.39 is 0 Å². The number of halogens is 1. The molecular formula is C13H16BrN3O. The molecule has 96 valence electrons. The lowest BCUT2D eigenvalue weighted by molar-refractivity contribution is 0.473. The third-order valence-corrected chi connectivity index (χ3v) is 3.65. The van der Waals surface area contributed by atoms with E-state index in [-0.39, 0.29) is 0 Å². The van der Waals surface area contributed by atoms with Crippen molar-refractivity contribution in [2.24, 2.45) is 12.8 Å². The van der Waals surface area contributed by atoms with Gasteiger partial charge in [0.15, 0.2) is 5.75 Å². The molecule has 0 bridgehead atoms. The zero-order valence-electron chi connectivity index (χ0n) is 10.7. The average molecular weight is 310 g/mol. The van der Waals surface area contributed by atoms with Crippen LogP contribution in [0.15, 0.2) is 22.7 Å². The number of aromatic nitrogens is 2. The SMILES string of the molecule is Cc1nn(C)c(C)c1Oc1ccc(CN)c(Br)c1.